The number of hydrogen-bond acceptors (Lipinski definition) is 4. The van der Waals surface area contributed by atoms with Gasteiger partial charge in [0.1, 0.15) is 5.69 Å². The summed E-state index contributed by atoms with van der Waals surface area (Å²) < 4.78 is 0. The quantitative estimate of drug-likeness (QED) is 0.814. The summed E-state index contributed by atoms with van der Waals surface area (Å²) in [5.74, 6) is -0.374. The van der Waals surface area contributed by atoms with Gasteiger partial charge in [-0.2, -0.15) is 0 Å². The van der Waals surface area contributed by atoms with Gasteiger partial charge in [-0.1, -0.05) is 36.4 Å². The first-order valence-corrected chi connectivity index (χ1v) is 6.43. The highest BCUT2D eigenvalue weighted by atomic mass is 16.6. The predicted molar refractivity (Wildman–Crippen MR) is 76.7 cm³/mol. The average molecular weight is 271 g/mol. The molecule has 0 aliphatic rings. The first kappa shape index (κ1) is 14.2. The fourth-order valence-electron chi connectivity index (χ4n) is 1.82. The molecule has 2 aromatic rings. The molecule has 3 N–H and O–H groups in total. The highest BCUT2D eigenvalue weighted by Crippen LogP contribution is 2.22. The first-order chi connectivity index (χ1) is 9.76. The van der Waals surface area contributed by atoms with Crippen LogP contribution in [0.5, 0.6) is 0 Å². The maximum atomic E-state index is 12.1. The summed E-state index contributed by atoms with van der Waals surface area (Å²) in [5.41, 5.74) is 10.6. The molecule has 1 amide bonds. The molecule has 0 bridgehead atoms. The van der Waals surface area contributed by atoms with Gasteiger partial charge in [-0.15, -0.1) is 0 Å². The van der Waals surface area contributed by atoms with Gasteiger partial charge in [-0.05, 0) is 18.6 Å². The van der Waals surface area contributed by atoms with Gasteiger partial charge in [0, 0.05) is 12.1 Å². The van der Waals surface area contributed by atoms with Crippen LogP contribution in [0.2, 0.25) is 0 Å². The Balaban J connectivity index is 2.43. The van der Waals surface area contributed by atoms with Crippen molar-refractivity contribution in [3.8, 4) is 11.1 Å². The fraction of sp³-hybridized carbons (Fsp3) is 0.200. The lowest BCUT2D eigenvalue weighted by Gasteiger charge is -2.10. The molecule has 20 heavy (non-hydrogen) atoms. The van der Waals surface area contributed by atoms with Crippen LogP contribution in [0.25, 0.3) is 11.1 Å². The molecule has 0 radical (unpaired) electrons. The zero-order valence-electron chi connectivity index (χ0n) is 11.3. The van der Waals surface area contributed by atoms with E-state index in [1.54, 1.807) is 6.92 Å². The number of hydrogen-bond donors (Lipinski definition) is 2. The Morgan fingerprint density at radius 2 is 2.00 bits per heavy atom. The molecule has 0 aliphatic heterocycles. The van der Waals surface area contributed by atoms with Crippen LogP contribution in [-0.2, 0) is 11.4 Å². The topological polar surface area (TPSA) is 77.2 Å². The Morgan fingerprint density at radius 3 is 2.65 bits per heavy atom. The van der Waals surface area contributed by atoms with Gasteiger partial charge < -0.3 is 5.73 Å². The minimum Gasteiger partial charge on any atom is -0.325 e. The van der Waals surface area contributed by atoms with Crippen molar-refractivity contribution in [2.24, 2.45) is 5.73 Å². The van der Waals surface area contributed by atoms with E-state index in [0.29, 0.717) is 18.0 Å². The van der Waals surface area contributed by atoms with Crippen LogP contribution in [0, 0.1) is 0 Å². The summed E-state index contributed by atoms with van der Waals surface area (Å²) in [5, 5.41) is 0. The van der Waals surface area contributed by atoms with Crippen molar-refractivity contribution in [1.82, 2.24) is 10.5 Å². The molecule has 1 heterocycles. The third-order valence-corrected chi connectivity index (χ3v) is 2.77. The van der Waals surface area contributed by atoms with Crippen LogP contribution >= 0.6 is 0 Å². The van der Waals surface area contributed by atoms with Crippen molar-refractivity contribution in [2.45, 2.75) is 13.5 Å². The Labute approximate surface area is 117 Å². The van der Waals surface area contributed by atoms with Gasteiger partial charge in [0.05, 0.1) is 12.3 Å². The Kier molecular flexibility index (Phi) is 4.81. The second kappa shape index (κ2) is 6.79. The molecule has 5 heteroatoms. The summed E-state index contributed by atoms with van der Waals surface area (Å²) in [4.78, 5) is 21.4. The minimum atomic E-state index is -0.374. The molecule has 0 unspecified atom stereocenters. The second-order valence-electron chi connectivity index (χ2n) is 4.13. The number of nitrogens with two attached hydrogens (primary N) is 1. The van der Waals surface area contributed by atoms with Crippen LogP contribution < -0.4 is 11.2 Å². The first-order valence-electron chi connectivity index (χ1n) is 6.43. The van der Waals surface area contributed by atoms with E-state index in [9.17, 15) is 4.79 Å². The molecule has 0 atom stereocenters. The summed E-state index contributed by atoms with van der Waals surface area (Å²) >= 11 is 0. The number of hydroxylamine groups is 1. The van der Waals surface area contributed by atoms with Crippen molar-refractivity contribution in [1.29, 1.82) is 0 Å². The number of nitrogens with zero attached hydrogens (tertiary/aromatic N) is 1. The monoisotopic (exact) mass is 271 g/mol. The van der Waals surface area contributed by atoms with Gasteiger partial charge in [0.25, 0.3) is 5.91 Å². The number of rotatable bonds is 5. The van der Waals surface area contributed by atoms with E-state index in [1.807, 2.05) is 42.5 Å². The fourth-order valence-corrected chi connectivity index (χ4v) is 1.82. The number of carbonyl (C=O) groups excluding carboxylic acids is 1. The molecule has 2 rings (SSSR count). The molecule has 0 aliphatic carbocycles. The normalized spacial score (nSPS) is 10.3. The molecular weight excluding hydrogens is 254 g/mol. The number of pyridine rings is 1. The van der Waals surface area contributed by atoms with Crippen LogP contribution in [0.4, 0.5) is 0 Å². The van der Waals surface area contributed by atoms with E-state index in [-0.39, 0.29) is 12.5 Å². The van der Waals surface area contributed by atoms with Gasteiger partial charge in [-0.25, -0.2) is 10.5 Å². The number of benzene rings is 1. The molecule has 0 fully saturated rings. The van der Waals surface area contributed by atoms with Crippen molar-refractivity contribution in [3.05, 3.63) is 53.9 Å². The highest BCUT2D eigenvalue weighted by Gasteiger charge is 2.15. The lowest BCUT2D eigenvalue weighted by atomic mass is 10.0. The van der Waals surface area contributed by atoms with Crippen LogP contribution in [0.15, 0.2) is 42.5 Å². The molecule has 0 saturated carbocycles. The third kappa shape index (κ3) is 3.20. The lowest BCUT2D eigenvalue weighted by molar-refractivity contribution is 0.0360. The maximum Gasteiger partial charge on any atom is 0.294 e. The van der Waals surface area contributed by atoms with E-state index in [2.05, 4.69) is 10.5 Å². The van der Waals surface area contributed by atoms with E-state index in [4.69, 9.17) is 10.6 Å². The Bertz CT molecular complexity index is 585. The standard InChI is InChI=1S/C15H17N3O2/c1-2-20-18-15(19)14-13(9-8-12(10-16)17-14)11-6-4-3-5-7-11/h3-9H,2,10,16H2,1H3,(H,18,19). The number of carbonyl (C=O) groups is 1. The molecule has 104 valence electrons. The Hall–Kier alpha value is -2.24. The van der Waals surface area contributed by atoms with Crippen molar-refractivity contribution in [2.75, 3.05) is 6.61 Å². The zero-order valence-corrected chi connectivity index (χ0v) is 11.3. The van der Waals surface area contributed by atoms with Crippen LogP contribution in [-0.4, -0.2) is 17.5 Å². The van der Waals surface area contributed by atoms with Crippen molar-refractivity contribution in [3.63, 3.8) is 0 Å². The van der Waals surface area contributed by atoms with Crippen LogP contribution in [0.1, 0.15) is 23.1 Å². The smallest absolute Gasteiger partial charge is 0.294 e. The molecule has 1 aromatic carbocycles. The second-order valence-corrected chi connectivity index (χ2v) is 4.13. The molecule has 1 aromatic heterocycles. The third-order valence-electron chi connectivity index (χ3n) is 2.77. The Morgan fingerprint density at radius 1 is 1.25 bits per heavy atom. The van der Waals surface area contributed by atoms with Gasteiger partial charge in [0.2, 0.25) is 0 Å². The summed E-state index contributed by atoms with van der Waals surface area (Å²) in [6.45, 7) is 2.47. The summed E-state index contributed by atoms with van der Waals surface area (Å²) in [6, 6.07) is 13.3. The van der Waals surface area contributed by atoms with E-state index in [0.717, 1.165) is 11.1 Å². The predicted octanol–water partition coefficient (Wildman–Crippen LogP) is 1.89. The maximum absolute atomic E-state index is 12.1. The van der Waals surface area contributed by atoms with E-state index < -0.39 is 0 Å². The summed E-state index contributed by atoms with van der Waals surface area (Å²) in [6.07, 6.45) is 0. The van der Waals surface area contributed by atoms with Gasteiger partial charge >= 0.3 is 0 Å². The molecule has 0 spiro atoms. The number of amides is 1. The van der Waals surface area contributed by atoms with Crippen molar-refractivity contribution >= 4 is 5.91 Å². The van der Waals surface area contributed by atoms with Crippen molar-refractivity contribution < 1.29 is 9.63 Å². The summed E-state index contributed by atoms with van der Waals surface area (Å²) in [7, 11) is 0. The largest absolute Gasteiger partial charge is 0.325 e. The molecule has 0 saturated heterocycles. The molecular formula is C15H17N3O2. The van der Waals surface area contributed by atoms with E-state index in [1.165, 1.54) is 0 Å². The van der Waals surface area contributed by atoms with E-state index >= 15 is 0 Å². The zero-order chi connectivity index (χ0) is 14.4. The van der Waals surface area contributed by atoms with Gasteiger partial charge in [0.15, 0.2) is 0 Å². The van der Waals surface area contributed by atoms with Crippen LogP contribution in [0.3, 0.4) is 0 Å². The SMILES string of the molecule is CCONC(=O)c1nc(CN)ccc1-c1ccccc1. The highest BCUT2D eigenvalue weighted by molar-refractivity contribution is 5.98. The number of aromatic nitrogens is 1. The minimum absolute atomic E-state index is 0.282. The number of nitrogens with one attached hydrogen (secondary N) is 1. The molecule has 5 nitrogen and oxygen atoms in total. The lowest BCUT2D eigenvalue weighted by Crippen LogP contribution is -2.25. The van der Waals surface area contributed by atoms with Gasteiger partial charge in [-0.3, -0.25) is 9.63 Å². The average Bonchev–Trinajstić information content (AvgIpc) is 2.52.